The average molecular weight is 275 g/mol. The highest BCUT2D eigenvalue weighted by atomic mass is 16.5. The maximum atomic E-state index is 10.7. The van der Waals surface area contributed by atoms with Crippen LogP contribution in [-0.4, -0.2) is 50.6 Å². The van der Waals surface area contributed by atoms with Crippen molar-refractivity contribution in [1.82, 2.24) is 4.90 Å². The molecule has 0 atom stereocenters. The van der Waals surface area contributed by atoms with E-state index in [1.54, 1.807) is 6.07 Å². The van der Waals surface area contributed by atoms with Crippen LogP contribution in [0.4, 0.5) is 0 Å². The van der Waals surface area contributed by atoms with Crippen molar-refractivity contribution in [2.24, 2.45) is 0 Å². The molecule has 1 fully saturated rings. The van der Waals surface area contributed by atoms with E-state index in [0.717, 1.165) is 44.0 Å². The predicted octanol–water partition coefficient (Wildman–Crippen LogP) is 1.96. The Kier molecular flexibility index (Phi) is 3.99. The first-order chi connectivity index (χ1) is 9.85. The standard InChI is InChI=1S/C15H17NO4/c17-11-14-10-12-9-13(1-2-15(12)20-14)19-8-5-16-3-6-18-7-4-16/h1-2,9-11H,3-8H2. The van der Waals surface area contributed by atoms with Gasteiger partial charge in [0.2, 0.25) is 0 Å². The number of aldehydes is 1. The van der Waals surface area contributed by atoms with Crippen LogP contribution in [0.15, 0.2) is 28.7 Å². The SMILES string of the molecule is O=Cc1cc2cc(OCCN3CCOCC3)ccc2o1. The zero-order valence-electron chi connectivity index (χ0n) is 11.2. The van der Waals surface area contributed by atoms with Crippen LogP contribution in [0.25, 0.3) is 11.0 Å². The summed E-state index contributed by atoms with van der Waals surface area (Å²) in [4.78, 5) is 13.0. The molecule has 1 aromatic carbocycles. The van der Waals surface area contributed by atoms with Gasteiger partial charge >= 0.3 is 0 Å². The molecule has 0 unspecified atom stereocenters. The van der Waals surface area contributed by atoms with Gasteiger partial charge in [0, 0.05) is 25.0 Å². The summed E-state index contributed by atoms with van der Waals surface area (Å²) in [7, 11) is 0. The maximum absolute atomic E-state index is 10.7. The van der Waals surface area contributed by atoms with Gasteiger partial charge in [0.25, 0.3) is 0 Å². The third-order valence-electron chi connectivity index (χ3n) is 3.40. The Bertz CT molecular complexity index is 587. The summed E-state index contributed by atoms with van der Waals surface area (Å²) in [5.74, 6) is 1.13. The summed E-state index contributed by atoms with van der Waals surface area (Å²) < 4.78 is 16.4. The molecular weight excluding hydrogens is 258 g/mol. The van der Waals surface area contributed by atoms with E-state index in [-0.39, 0.29) is 0 Å². The second kappa shape index (κ2) is 6.07. The maximum Gasteiger partial charge on any atom is 0.185 e. The normalized spacial score (nSPS) is 16.4. The molecule has 1 aromatic heterocycles. The minimum Gasteiger partial charge on any atom is -0.492 e. The first kappa shape index (κ1) is 13.1. The van der Waals surface area contributed by atoms with Gasteiger partial charge in [-0.3, -0.25) is 9.69 Å². The van der Waals surface area contributed by atoms with Gasteiger partial charge in [-0.2, -0.15) is 0 Å². The van der Waals surface area contributed by atoms with Crippen LogP contribution in [0.5, 0.6) is 5.75 Å². The summed E-state index contributed by atoms with van der Waals surface area (Å²) >= 11 is 0. The van der Waals surface area contributed by atoms with E-state index in [9.17, 15) is 4.79 Å². The predicted molar refractivity (Wildman–Crippen MR) is 74.4 cm³/mol. The molecule has 2 aromatic rings. The molecule has 1 aliphatic heterocycles. The molecule has 1 saturated heterocycles. The Morgan fingerprint density at radius 2 is 2.10 bits per heavy atom. The summed E-state index contributed by atoms with van der Waals surface area (Å²) in [6.45, 7) is 5.07. The van der Waals surface area contributed by atoms with Gasteiger partial charge in [-0.1, -0.05) is 0 Å². The van der Waals surface area contributed by atoms with Crippen LogP contribution in [-0.2, 0) is 4.74 Å². The fourth-order valence-corrected chi connectivity index (χ4v) is 2.31. The van der Waals surface area contributed by atoms with Gasteiger partial charge < -0.3 is 13.9 Å². The number of fused-ring (bicyclic) bond motifs is 1. The summed E-state index contributed by atoms with van der Waals surface area (Å²) in [6.07, 6.45) is 0.707. The zero-order valence-corrected chi connectivity index (χ0v) is 11.2. The Labute approximate surface area is 117 Å². The average Bonchev–Trinajstić information content (AvgIpc) is 2.91. The van der Waals surface area contributed by atoms with Gasteiger partial charge in [0.1, 0.15) is 17.9 Å². The minimum absolute atomic E-state index is 0.338. The molecule has 20 heavy (non-hydrogen) atoms. The quantitative estimate of drug-likeness (QED) is 0.781. The first-order valence-corrected chi connectivity index (χ1v) is 6.77. The molecule has 2 heterocycles. The Morgan fingerprint density at radius 3 is 2.90 bits per heavy atom. The summed E-state index contributed by atoms with van der Waals surface area (Å²) in [5, 5.41) is 0.885. The number of hydrogen-bond acceptors (Lipinski definition) is 5. The van der Waals surface area contributed by atoms with Gasteiger partial charge in [0.05, 0.1) is 13.2 Å². The highest BCUT2D eigenvalue weighted by Gasteiger charge is 2.10. The Balaban J connectivity index is 1.58. The molecule has 5 nitrogen and oxygen atoms in total. The van der Waals surface area contributed by atoms with Crippen molar-refractivity contribution in [2.75, 3.05) is 39.5 Å². The molecule has 106 valence electrons. The van der Waals surface area contributed by atoms with E-state index in [4.69, 9.17) is 13.9 Å². The largest absolute Gasteiger partial charge is 0.492 e. The fraction of sp³-hybridized carbons (Fsp3) is 0.400. The van der Waals surface area contributed by atoms with Crippen LogP contribution in [0, 0.1) is 0 Å². The number of furan rings is 1. The highest BCUT2D eigenvalue weighted by molar-refractivity contribution is 5.85. The van der Waals surface area contributed by atoms with Crippen molar-refractivity contribution in [3.63, 3.8) is 0 Å². The topological polar surface area (TPSA) is 51.9 Å². The van der Waals surface area contributed by atoms with E-state index in [0.29, 0.717) is 24.2 Å². The number of ether oxygens (including phenoxy) is 2. The molecule has 0 amide bonds. The third-order valence-corrected chi connectivity index (χ3v) is 3.40. The molecule has 0 aliphatic carbocycles. The van der Waals surface area contributed by atoms with Crippen molar-refractivity contribution in [3.05, 3.63) is 30.0 Å². The second-order valence-electron chi connectivity index (χ2n) is 4.77. The van der Waals surface area contributed by atoms with Crippen LogP contribution >= 0.6 is 0 Å². The summed E-state index contributed by atoms with van der Waals surface area (Å²) in [5.41, 5.74) is 0.702. The molecule has 1 aliphatic rings. The molecule has 0 spiro atoms. The molecule has 0 N–H and O–H groups in total. The van der Waals surface area contributed by atoms with Crippen LogP contribution in [0.1, 0.15) is 10.6 Å². The van der Waals surface area contributed by atoms with Crippen LogP contribution in [0.2, 0.25) is 0 Å². The number of carbonyl (C=O) groups is 1. The molecule has 0 radical (unpaired) electrons. The van der Waals surface area contributed by atoms with Gasteiger partial charge in [0.15, 0.2) is 12.0 Å². The Hall–Kier alpha value is -1.85. The van der Waals surface area contributed by atoms with E-state index < -0.39 is 0 Å². The van der Waals surface area contributed by atoms with Crippen molar-refractivity contribution < 1.29 is 18.7 Å². The number of benzene rings is 1. The molecule has 3 rings (SSSR count). The monoisotopic (exact) mass is 275 g/mol. The third kappa shape index (κ3) is 3.00. The van der Waals surface area contributed by atoms with Crippen molar-refractivity contribution in [3.8, 4) is 5.75 Å². The van der Waals surface area contributed by atoms with Gasteiger partial charge in [-0.05, 0) is 24.3 Å². The molecule has 0 saturated carbocycles. The van der Waals surface area contributed by atoms with E-state index in [1.807, 2.05) is 18.2 Å². The first-order valence-electron chi connectivity index (χ1n) is 6.77. The summed E-state index contributed by atoms with van der Waals surface area (Å²) in [6, 6.07) is 7.30. The Morgan fingerprint density at radius 1 is 1.25 bits per heavy atom. The number of rotatable bonds is 5. The lowest BCUT2D eigenvalue weighted by Crippen LogP contribution is -2.38. The van der Waals surface area contributed by atoms with E-state index in [1.165, 1.54) is 0 Å². The molecule has 0 bridgehead atoms. The highest BCUT2D eigenvalue weighted by Crippen LogP contribution is 2.23. The lowest BCUT2D eigenvalue weighted by molar-refractivity contribution is 0.0322. The number of hydrogen-bond donors (Lipinski definition) is 0. The lowest BCUT2D eigenvalue weighted by Gasteiger charge is -2.26. The fourth-order valence-electron chi connectivity index (χ4n) is 2.31. The van der Waals surface area contributed by atoms with Crippen molar-refractivity contribution in [1.29, 1.82) is 0 Å². The number of carbonyl (C=O) groups excluding carboxylic acids is 1. The van der Waals surface area contributed by atoms with E-state index >= 15 is 0 Å². The number of nitrogens with zero attached hydrogens (tertiary/aromatic N) is 1. The zero-order chi connectivity index (χ0) is 13.8. The number of morpholine rings is 1. The van der Waals surface area contributed by atoms with Crippen LogP contribution in [0.3, 0.4) is 0 Å². The lowest BCUT2D eigenvalue weighted by atomic mass is 10.2. The van der Waals surface area contributed by atoms with E-state index in [2.05, 4.69) is 4.90 Å². The minimum atomic E-state index is 0.338. The smallest absolute Gasteiger partial charge is 0.185 e. The van der Waals surface area contributed by atoms with Crippen LogP contribution < -0.4 is 4.74 Å². The van der Waals surface area contributed by atoms with Gasteiger partial charge in [-0.15, -0.1) is 0 Å². The van der Waals surface area contributed by atoms with Gasteiger partial charge in [-0.25, -0.2) is 0 Å². The van der Waals surface area contributed by atoms with Crippen molar-refractivity contribution >= 4 is 17.3 Å². The second-order valence-corrected chi connectivity index (χ2v) is 4.77. The molecule has 5 heteroatoms. The molecular formula is C15H17NO4. The van der Waals surface area contributed by atoms with Crippen molar-refractivity contribution in [2.45, 2.75) is 0 Å².